The average Bonchev–Trinajstić information content (AvgIpc) is 2.89. The van der Waals surface area contributed by atoms with Gasteiger partial charge in [0.25, 0.3) is 0 Å². The molecule has 33 heavy (non-hydrogen) atoms. The van der Waals surface area contributed by atoms with Crippen LogP contribution in [0, 0.1) is 0 Å². The maximum atomic E-state index is 3.75. The topological polar surface area (TPSA) is 15.3 Å². The highest BCUT2D eigenvalue weighted by Crippen LogP contribution is 2.49. The standard InChI is InChI=1S/C31H30N2/c1-4-10-23(11-5-1)22-32-26-20-29-27(24-12-6-2-7-13-24)16-18-33-19-17-28(30(21-26)31(29)33)25-14-8-3-9-15-25/h1-15,20-21,27-28,32H,16-19,22H2. The van der Waals surface area contributed by atoms with Crippen LogP contribution in [0.25, 0.3) is 0 Å². The molecule has 0 saturated carbocycles. The third-order valence-corrected chi connectivity index (χ3v) is 7.35. The summed E-state index contributed by atoms with van der Waals surface area (Å²) < 4.78 is 0. The molecule has 2 aliphatic rings. The van der Waals surface area contributed by atoms with Crippen molar-refractivity contribution in [3.05, 3.63) is 131 Å². The number of rotatable bonds is 5. The summed E-state index contributed by atoms with van der Waals surface area (Å²) in [4.78, 5) is 2.64. The SMILES string of the molecule is c1ccc(CNc2cc3c4c(c2)C(c2ccccc2)CCN4CCC3c2ccccc2)cc1. The van der Waals surface area contributed by atoms with Crippen molar-refractivity contribution in [1.29, 1.82) is 0 Å². The molecule has 0 spiro atoms. The van der Waals surface area contributed by atoms with Crippen LogP contribution in [-0.4, -0.2) is 13.1 Å². The Balaban J connectivity index is 1.46. The molecule has 0 saturated heterocycles. The molecular formula is C31H30N2. The van der Waals surface area contributed by atoms with Gasteiger partial charge < -0.3 is 10.2 Å². The number of benzene rings is 4. The molecule has 0 aromatic heterocycles. The normalized spacial score (nSPS) is 19.1. The van der Waals surface area contributed by atoms with E-state index in [2.05, 4.69) is 113 Å². The Hall–Kier alpha value is -3.52. The summed E-state index contributed by atoms with van der Waals surface area (Å²) in [6, 6.07) is 37.7. The Bertz CT molecular complexity index is 1150. The van der Waals surface area contributed by atoms with Gasteiger partial charge in [-0.3, -0.25) is 0 Å². The van der Waals surface area contributed by atoms with Gasteiger partial charge in [-0.05, 0) is 52.8 Å². The van der Waals surface area contributed by atoms with Crippen molar-refractivity contribution < 1.29 is 0 Å². The summed E-state index contributed by atoms with van der Waals surface area (Å²) in [7, 11) is 0. The highest BCUT2D eigenvalue weighted by Gasteiger charge is 2.34. The molecule has 1 N–H and O–H groups in total. The summed E-state index contributed by atoms with van der Waals surface area (Å²) in [5, 5.41) is 3.75. The summed E-state index contributed by atoms with van der Waals surface area (Å²) in [5.41, 5.74) is 9.87. The molecule has 0 fully saturated rings. The van der Waals surface area contributed by atoms with E-state index in [1.807, 2.05) is 0 Å². The first kappa shape index (κ1) is 20.1. The Kier molecular flexibility index (Phi) is 5.35. The maximum absolute atomic E-state index is 3.75. The number of nitrogens with zero attached hydrogens (tertiary/aromatic N) is 1. The van der Waals surface area contributed by atoms with Crippen molar-refractivity contribution in [2.24, 2.45) is 0 Å². The fourth-order valence-corrected chi connectivity index (χ4v) is 5.76. The number of anilines is 2. The fourth-order valence-electron chi connectivity index (χ4n) is 5.76. The van der Waals surface area contributed by atoms with Crippen molar-refractivity contribution in [1.82, 2.24) is 0 Å². The van der Waals surface area contributed by atoms with Crippen LogP contribution in [0.4, 0.5) is 11.4 Å². The Morgan fingerprint density at radius 3 is 1.64 bits per heavy atom. The van der Waals surface area contributed by atoms with Gasteiger partial charge in [0.15, 0.2) is 0 Å². The second-order valence-electron chi connectivity index (χ2n) is 9.33. The van der Waals surface area contributed by atoms with Crippen LogP contribution in [0.5, 0.6) is 0 Å². The van der Waals surface area contributed by atoms with E-state index >= 15 is 0 Å². The van der Waals surface area contributed by atoms with Gasteiger partial charge in [-0.25, -0.2) is 0 Å². The maximum Gasteiger partial charge on any atom is 0.0445 e. The zero-order chi connectivity index (χ0) is 22.0. The molecular weight excluding hydrogens is 400 g/mol. The van der Waals surface area contributed by atoms with E-state index in [0.29, 0.717) is 11.8 Å². The van der Waals surface area contributed by atoms with Gasteiger partial charge >= 0.3 is 0 Å². The van der Waals surface area contributed by atoms with Crippen molar-refractivity contribution in [2.75, 3.05) is 23.3 Å². The third-order valence-electron chi connectivity index (χ3n) is 7.35. The van der Waals surface area contributed by atoms with Crippen molar-refractivity contribution >= 4 is 11.4 Å². The second kappa shape index (κ2) is 8.78. The molecule has 2 heterocycles. The lowest BCUT2D eigenvalue weighted by molar-refractivity contribution is 0.571. The molecule has 0 amide bonds. The summed E-state index contributed by atoms with van der Waals surface area (Å²) in [5.74, 6) is 0.897. The lowest BCUT2D eigenvalue weighted by Crippen LogP contribution is -2.37. The first-order valence-corrected chi connectivity index (χ1v) is 12.2. The Labute approximate surface area is 196 Å². The van der Waals surface area contributed by atoms with E-state index in [1.165, 1.54) is 52.0 Å². The zero-order valence-corrected chi connectivity index (χ0v) is 19.0. The Morgan fingerprint density at radius 2 is 1.12 bits per heavy atom. The van der Waals surface area contributed by atoms with Crippen LogP contribution < -0.4 is 10.2 Å². The van der Waals surface area contributed by atoms with Gasteiger partial charge in [-0.1, -0.05) is 91.0 Å². The molecule has 2 unspecified atom stereocenters. The van der Waals surface area contributed by atoms with Gasteiger partial charge in [-0.2, -0.15) is 0 Å². The molecule has 0 aliphatic carbocycles. The minimum Gasteiger partial charge on any atom is -0.381 e. The quantitative estimate of drug-likeness (QED) is 0.361. The zero-order valence-electron chi connectivity index (χ0n) is 19.0. The van der Waals surface area contributed by atoms with E-state index in [4.69, 9.17) is 0 Å². The van der Waals surface area contributed by atoms with Crippen LogP contribution in [0.2, 0.25) is 0 Å². The molecule has 2 aliphatic heterocycles. The molecule has 4 aromatic carbocycles. The molecule has 0 bridgehead atoms. The van der Waals surface area contributed by atoms with Crippen LogP contribution in [0.1, 0.15) is 52.5 Å². The van der Waals surface area contributed by atoms with E-state index in [-0.39, 0.29) is 0 Å². The largest absolute Gasteiger partial charge is 0.381 e. The number of hydrogen-bond acceptors (Lipinski definition) is 2. The van der Waals surface area contributed by atoms with Crippen LogP contribution in [0.3, 0.4) is 0 Å². The monoisotopic (exact) mass is 430 g/mol. The van der Waals surface area contributed by atoms with Crippen LogP contribution >= 0.6 is 0 Å². The van der Waals surface area contributed by atoms with Gasteiger partial charge in [-0.15, -0.1) is 0 Å². The minimum absolute atomic E-state index is 0.448. The molecule has 164 valence electrons. The molecule has 0 radical (unpaired) electrons. The average molecular weight is 431 g/mol. The summed E-state index contributed by atoms with van der Waals surface area (Å²) in [6.45, 7) is 3.12. The van der Waals surface area contributed by atoms with Crippen LogP contribution in [-0.2, 0) is 6.54 Å². The van der Waals surface area contributed by atoms with E-state index < -0.39 is 0 Å². The summed E-state index contributed by atoms with van der Waals surface area (Å²) in [6.07, 6.45) is 2.35. The second-order valence-corrected chi connectivity index (χ2v) is 9.33. The predicted octanol–water partition coefficient (Wildman–Crippen LogP) is 7.18. The van der Waals surface area contributed by atoms with Gasteiger partial charge in [0.1, 0.15) is 0 Å². The van der Waals surface area contributed by atoms with Gasteiger partial charge in [0.2, 0.25) is 0 Å². The molecule has 2 nitrogen and oxygen atoms in total. The van der Waals surface area contributed by atoms with Crippen LogP contribution in [0.15, 0.2) is 103 Å². The lowest BCUT2D eigenvalue weighted by atomic mass is 9.76. The van der Waals surface area contributed by atoms with E-state index in [9.17, 15) is 0 Å². The highest BCUT2D eigenvalue weighted by molar-refractivity contribution is 5.73. The molecule has 2 atom stereocenters. The fraction of sp³-hybridized carbons (Fsp3) is 0.226. The van der Waals surface area contributed by atoms with Crippen molar-refractivity contribution in [2.45, 2.75) is 31.2 Å². The smallest absolute Gasteiger partial charge is 0.0445 e. The van der Waals surface area contributed by atoms with Crippen molar-refractivity contribution in [3.63, 3.8) is 0 Å². The van der Waals surface area contributed by atoms with E-state index in [0.717, 1.165) is 19.6 Å². The number of hydrogen-bond donors (Lipinski definition) is 1. The van der Waals surface area contributed by atoms with Gasteiger partial charge in [0, 0.05) is 42.8 Å². The molecule has 6 rings (SSSR count). The van der Waals surface area contributed by atoms with Gasteiger partial charge in [0.05, 0.1) is 0 Å². The minimum atomic E-state index is 0.448. The number of nitrogens with one attached hydrogen (secondary N) is 1. The summed E-state index contributed by atoms with van der Waals surface area (Å²) >= 11 is 0. The van der Waals surface area contributed by atoms with Crippen molar-refractivity contribution in [3.8, 4) is 0 Å². The Morgan fingerprint density at radius 1 is 0.636 bits per heavy atom. The molecule has 2 heteroatoms. The molecule has 4 aromatic rings. The highest BCUT2D eigenvalue weighted by atomic mass is 15.1. The third kappa shape index (κ3) is 3.91. The first-order valence-electron chi connectivity index (χ1n) is 12.2. The van der Waals surface area contributed by atoms with E-state index in [1.54, 1.807) is 0 Å². The lowest BCUT2D eigenvalue weighted by Gasteiger charge is -2.43. The first-order chi connectivity index (χ1) is 16.4. The predicted molar refractivity (Wildman–Crippen MR) is 138 cm³/mol.